The fraction of sp³-hybridized carbons (Fsp3) is 0.217. The van der Waals surface area contributed by atoms with E-state index < -0.39 is 5.63 Å². The van der Waals surface area contributed by atoms with Gasteiger partial charge in [-0.2, -0.15) is 0 Å². The van der Waals surface area contributed by atoms with Gasteiger partial charge in [-0.05, 0) is 18.1 Å². The number of hydrogen-bond donors (Lipinski definition) is 0. The molecule has 1 aromatic heterocycles. The summed E-state index contributed by atoms with van der Waals surface area (Å²) in [6.45, 7) is 2.69. The maximum absolute atomic E-state index is 13.2. The zero-order chi connectivity index (χ0) is 19.5. The molecule has 0 atom stereocenters. The van der Waals surface area contributed by atoms with Gasteiger partial charge < -0.3 is 14.1 Å². The molecule has 1 saturated heterocycles. The Morgan fingerprint density at radius 3 is 2.11 bits per heavy atom. The molecule has 0 N–H and O–H groups in total. The zero-order valence-corrected chi connectivity index (χ0v) is 15.6. The maximum Gasteiger partial charge on any atom is 0.339 e. The number of likely N-dealkylation sites (tertiary alicyclic amines) is 1. The lowest BCUT2D eigenvalue weighted by Crippen LogP contribution is -2.57. The van der Waals surface area contributed by atoms with Crippen LogP contribution in [0.15, 0.2) is 82.0 Å². The highest BCUT2D eigenvalue weighted by Crippen LogP contribution is 2.29. The molecule has 2 aromatic carbocycles. The number of amides is 1. The predicted octanol–water partition coefficient (Wildman–Crippen LogP) is 3.37. The smallest absolute Gasteiger partial charge is 0.339 e. The third-order valence-corrected chi connectivity index (χ3v) is 4.84. The van der Waals surface area contributed by atoms with E-state index in [1.54, 1.807) is 17.9 Å². The van der Waals surface area contributed by atoms with Crippen molar-refractivity contribution in [2.75, 3.05) is 13.1 Å². The van der Waals surface area contributed by atoms with Crippen LogP contribution in [0.1, 0.15) is 22.8 Å². The van der Waals surface area contributed by atoms with Crippen LogP contribution >= 0.6 is 0 Å². The first-order valence-electron chi connectivity index (χ1n) is 9.27. The van der Waals surface area contributed by atoms with Crippen LogP contribution in [0.25, 0.3) is 0 Å². The minimum absolute atomic E-state index is 0.0565. The lowest BCUT2D eigenvalue weighted by molar-refractivity contribution is -0.140. The van der Waals surface area contributed by atoms with Gasteiger partial charge in [0.15, 0.2) is 0 Å². The number of benzene rings is 2. The van der Waals surface area contributed by atoms with Crippen LogP contribution in [-0.2, 0) is 4.79 Å². The van der Waals surface area contributed by atoms with Gasteiger partial charge in [-0.3, -0.25) is 4.79 Å². The summed E-state index contributed by atoms with van der Waals surface area (Å²) in [6, 6.07) is 22.6. The highest BCUT2D eigenvalue weighted by molar-refractivity contribution is 5.88. The largest absolute Gasteiger partial charge is 0.486 e. The fourth-order valence-electron chi connectivity index (χ4n) is 3.48. The minimum atomic E-state index is -0.435. The van der Waals surface area contributed by atoms with Crippen molar-refractivity contribution in [3.8, 4) is 5.75 Å². The predicted molar refractivity (Wildman–Crippen MR) is 105 cm³/mol. The van der Waals surface area contributed by atoms with Gasteiger partial charge in [0.05, 0.1) is 25.1 Å². The molecule has 0 unspecified atom stereocenters. The normalized spacial score (nSPS) is 14.0. The van der Waals surface area contributed by atoms with Gasteiger partial charge in [-0.1, -0.05) is 60.7 Å². The molecule has 1 amide bonds. The van der Waals surface area contributed by atoms with Crippen LogP contribution in [0.2, 0.25) is 0 Å². The Balaban J connectivity index is 1.48. The van der Waals surface area contributed by atoms with Gasteiger partial charge in [0.2, 0.25) is 5.91 Å². The van der Waals surface area contributed by atoms with Crippen molar-refractivity contribution in [2.24, 2.45) is 0 Å². The summed E-state index contributed by atoms with van der Waals surface area (Å²) in [4.78, 5) is 26.5. The third-order valence-electron chi connectivity index (χ3n) is 4.84. The van der Waals surface area contributed by atoms with Crippen LogP contribution in [0.5, 0.6) is 5.75 Å². The lowest BCUT2D eigenvalue weighted by atomic mass is 9.89. The summed E-state index contributed by atoms with van der Waals surface area (Å²) in [6.07, 6.45) is -0.127. The first kappa shape index (κ1) is 18.0. The molecule has 1 aliphatic heterocycles. The van der Waals surface area contributed by atoms with Crippen molar-refractivity contribution >= 4 is 5.91 Å². The quantitative estimate of drug-likeness (QED) is 0.686. The van der Waals surface area contributed by atoms with E-state index in [9.17, 15) is 9.59 Å². The molecule has 5 nitrogen and oxygen atoms in total. The van der Waals surface area contributed by atoms with Crippen LogP contribution < -0.4 is 10.4 Å². The number of hydrogen-bond acceptors (Lipinski definition) is 4. The molecule has 4 rings (SSSR count). The van der Waals surface area contributed by atoms with E-state index in [1.165, 1.54) is 6.07 Å². The molecule has 142 valence electrons. The van der Waals surface area contributed by atoms with Crippen molar-refractivity contribution in [2.45, 2.75) is 18.9 Å². The standard InChI is InChI=1S/C23H21NO4/c1-16-12-19(13-21(25)27-16)28-20-14-24(15-20)23(26)22(17-8-4-2-5-9-17)18-10-6-3-7-11-18/h2-13,20,22H,14-15H2,1H3. The Hall–Kier alpha value is -3.34. The van der Waals surface area contributed by atoms with Gasteiger partial charge >= 0.3 is 5.63 Å². The Kier molecular flexibility index (Phi) is 4.98. The van der Waals surface area contributed by atoms with Gasteiger partial charge in [0, 0.05) is 6.07 Å². The molecule has 28 heavy (non-hydrogen) atoms. The summed E-state index contributed by atoms with van der Waals surface area (Å²) < 4.78 is 10.8. The van der Waals surface area contributed by atoms with Crippen molar-refractivity contribution in [1.29, 1.82) is 0 Å². The number of carbonyl (C=O) groups excluding carboxylic acids is 1. The first-order valence-corrected chi connectivity index (χ1v) is 9.27. The summed E-state index contributed by atoms with van der Waals surface area (Å²) in [5.41, 5.74) is 1.51. The van der Waals surface area contributed by atoms with Crippen molar-refractivity contribution in [3.05, 3.63) is 100 Å². The van der Waals surface area contributed by atoms with Crippen LogP contribution in [0, 0.1) is 6.92 Å². The molecular weight excluding hydrogens is 354 g/mol. The fourth-order valence-corrected chi connectivity index (χ4v) is 3.48. The SMILES string of the molecule is Cc1cc(OC2CN(C(=O)C(c3ccccc3)c3ccccc3)C2)cc(=O)o1. The van der Waals surface area contributed by atoms with Gasteiger partial charge in [0.1, 0.15) is 17.6 Å². The summed E-state index contributed by atoms with van der Waals surface area (Å²) in [5.74, 6) is 0.701. The molecule has 1 aliphatic rings. The van der Waals surface area contributed by atoms with Crippen LogP contribution in [0.4, 0.5) is 0 Å². The van der Waals surface area contributed by atoms with Crippen molar-refractivity contribution in [1.82, 2.24) is 4.90 Å². The molecule has 0 saturated carbocycles. The summed E-state index contributed by atoms with van der Waals surface area (Å²) >= 11 is 0. The Labute approximate surface area is 163 Å². The zero-order valence-electron chi connectivity index (χ0n) is 15.6. The first-order chi connectivity index (χ1) is 13.6. The molecule has 0 spiro atoms. The Bertz CT molecular complexity index is 968. The number of rotatable bonds is 5. The molecule has 0 aliphatic carbocycles. The summed E-state index contributed by atoms with van der Waals surface area (Å²) in [7, 11) is 0. The molecule has 0 radical (unpaired) electrons. The van der Waals surface area contributed by atoms with Gasteiger partial charge in [-0.15, -0.1) is 0 Å². The molecule has 5 heteroatoms. The number of nitrogens with zero attached hydrogens (tertiary/aromatic N) is 1. The van der Waals surface area contributed by atoms with Crippen molar-refractivity contribution in [3.63, 3.8) is 0 Å². The lowest BCUT2D eigenvalue weighted by Gasteiger charge is -2.40. The van der Waals surface area contributed by atoms with E-state index >= 15 is 0 Å². The monoisotopic (exact) mass is 375 g/mol. The Morgan fingerprint density at radius 1 is 1.00 bits per heavy atom. The number of carbonyl (C=O) groups is 1. The van der Waals surface area contributed by atoms with Crippen LogP contribution in [0.3, 0.4) is 0 Å². The second-order valence-corrected chi connectivity index (χ2v) is 6.96. The second kappa shape index (κ2) is 7.72. The van der Waals surface area contributed by atoms with Gasteiger partial charge in [0.25, 0.3) is 0 Å². The topological polar surface area (TPSA) is 59.8 Å². The highest BCUT2D eigenvalue weighted by Gasteiger charge is 2.37. The van der Waals surface area contributed by atoms with E-state index in [1.807, 2.05) is 60.7 Å². The highest BCUT2D eigenvalue weighted by atomic mass is 16.5. The molecular formula is C23H21NO4. The molecule has 2 heterocycles. The van der Waals surface area contributed by atoms with E-state index in [4.69, 9.17) is 9.15 Å². The molecule has 3 aromatic rings. The maximum atomic E-state index is 13.2. The molecule has 1 fully saturated rings. The molecule has 0 bridgehead atoms. The van der Waals surface area contributed by atoms with E-state index in [0.29, 0.717) is 24.6 Å². The second-order valence-electron chi connectivity index (χ2n) is 6.96. The average Bonchev–Trinajstić information content (AvgIpc) is 2.65. The number of ether oxygens (including phenoxy) is 1. The van der Waals surface area contributed by atoms with Gasteiger partial charge in [-0.25, -0.2) is 4.79 Å². The van der Waals surface area contributed by atoms with Crippen LogP contribution in [-0.4, -0.2) is 30.0 Å². The average molecular weight is 375 g/mol. The van der Waals surface area contributed by atoms with E-state index in [-0.39, 0.29) is 17.9 Å². The number of aryl methyl sites for hydroxylation is 1. The van der Waals surface area contributed by atoms with Crippen molar-refractivity contribution < 1.29 is 13.9 Å². The van der Waals surface area contributed by atoms with E-state index in [2.05, 4.69) is 0 Å². The minimum Gasteiger partial charge on any atom is -0.486 e. The summed E-state index contributed by atoms with van der Waals surface area (Å²) in [5, 5.41) is 0. The van der Waals surface area contributed by atoms with E-state index in [0.717, 1.165) is 11.1 Å². The Morgan fingerprint density at radius 2 is 1.57 bits per heavy atom. The third kappa shape index (κ3) is 3.83.